The molecule has 1 fully saturated rings. The van der Waals surface area contributed by atoms with E-state index in [9.17, 15) is 4.79 Å². The number of para-hydroxylation sites is 1. The Labute approximate surface area is 176 Å². The molecule has 2 aromatic rings. The first-order valence-electron chi connectivity index (χ1n) is 10.3. The molecule has 5 nitrogen and oxygen atoms in total. The van der Waals surface area contributed by atoms with Crippen LogP contribution in [-0.2, 0) is 11.2 Å². The largest absolute Gasteiger partial charge is 0.456 e. The van der Waals surface area contributed by atoms with E-state index in [1.54, 1.807) is 6.21 Å². The summed E-state index contributed by atoms with van der Waals surface area (Å²) in [6, 6.07) is 11.0. The van der Waals surface area contributed by atoms with Crippen molar-refractivity contribution in [2.45, 2.75) is 51.6 Å². The maximum absolute atomic E-state index is 15.4. The van der Waals surface area contributed by atoms with Crippen LogP contribution in [0.4, 0.5) is 10.1 Å². The number of aliphatic imine (C=N–C) groups is 1. The number of ether oxygens (including phenoxy) is 1. The number of nitrogens with zero attached hydrogens (tertiary/aromatic N) is 2. The van der Waals surface area contributed by atoms with Gasteiger partial charge in [-0.15, -0.1) is 0 Å². The van der Waals surface area contributed by atoms with Crippen molar-refractivity contribution in [2.24, 2.45) is 10.7 Å². The lowest BCUT2D eigenvalue weighted by atomic mass is 9.91. The number of amides is 1. The molecule has 1 atom stereocenters. The maximum atomic E-state index is 15.4. The highest BCUT2D eigenvalue weighted by molar-refractivity contribution is 6.11. The van der Waals surface area contributed by atoms with Crippen LogP contribution in [0.1, 0.15) is 44.2 Å². The zero-order valence-corrected chi connectivity index (χ0v) is 17.3. The third-order valence-corrected chi connectivity index (χ3v) is 5.56. The van der Waals surface area contributed by atoms with Crippen molar-refractivity contribution >= 4 is 23.4 Å². The van der Waals surface area contributed by atoms with Gasteiger partial charge in [0.05, 0.1) is 11.7 Å². The fourth-order valence-electron chi connectivity index (χ4n) is 3.89. The number of hydrogen-bond acceptors (Lipinski definition) is 4. The number of allylic oxidation sites excluding steroid dienone is 1. The molecule has 0 bridgehead atoms. The van der Waals surface area contributed by atoms with Gasteiger partial charge in [-0.1, -0.05) is 18.2 Å². The lowest BCUT2D eigenvalue weighted by Crippen LogP contribution is -2.41. The van der Waals surface area contributed by atoms with Crippen LogP contribution in [0.2, 0.25) is 0 Å². The molecule has 1 amide bonds. The Balaban J connectivity index is 1.89. The molecule has 1 heterocycles. The van der Waals surface area contributed by atoms with E-state index in [4.69, 9.17) is 10.5 Å². The second-order valence-corrected chi connectivity index (χ2v) is 7.89. The Bertz CT molecular complexity index is 1010. The van der Waals surface area contributed by atoms with Crippen LogP contribution in [0.15, 0.2) is 47.6 Å². The summed E-state index contributed by atoms with van der Waals surface area (Å²) in [5, 5.41) is 0. The van der Waals surface area contributed by atoms with E-state index in [2.05, 4.69) is 4.99 Å². The van der Waals surface area contributed by atoms with E-state index in [0.29, 0.717) is 46.3 Å². The van der Waals surface area contributed by atoms with Crippen molar-refractivity contribution in [1.29, 1.82) is 0 Å². The molecular formula is C24H26FN3O2. The van der Waals surface area contributed by atoms with Gasteiger partial charge in [-0.05, 0) is 50.8 Å². The topological polar surface area (TPSA) is 67.9 Å². The summed E-state index contributed by atoms with van der Waals surface area (Å²) in [5.41, 5.74) is 8.02. The van der Waals surface area contributed by atoms with E-state index >= 15 is 4.39 Å². The Morgan fingerprint density at radius 1 is 1.27 bits per heavy atom. The second kappa shape index (κ2) is 8.30. The highest BCUT2D eigenvalue weighted by Gasteiger charge is 2.33. The van der Waals surface area contributed by atoms with Gasteiger partial charge in [0.1, 0.15) is 17.3 Å². The minimum Gasteiger partial charge on any atom is -0.456 e. The molecule has 2 aromatic carbocycles. The molecular weight excluding hydrogens is 381 g/mol. The van der Waals surface area contributed by atoms with Crippen LogP contribution < -0.4 is 15.4 Å². The zero-order valence-electron chi connectivity index (χ0n) is 17.3. The third-order valence-electron chi connectivity index (χ3n) is 5.56. The van der Waals surface area contributed by atoms with E-state index in [1.165, 1.54) is 24.1 Å². The average Bonchev–Trinajstić information content (AvgIpc) is 3.56. The number of halogens is 1. The monoisotopic (exact) mass is 407 g/mol. The number of carbonyl (C=O) groups is 1. The Morgan fingerprint density at radius 2 is 2.00 bits per heavy atom. The summed E-state index contributed by atoms with van der Waals surface area (Å²) in [5.74, 6) is 0.512. The van der Waals surface area contributed by atoms with Gasteiger partial charge in [-0.3, -0.25) is 9.79 Å². The second-order valence-electron chi connectivity index (χ2n) is 7.89. The van der Waals surface area contributed by atoms with Gasteiger partial charge in [0.15, 0.2) is 0 Å². The molecule has 0 aromatic heterocycles. The van der Waals surface area contributed by atoms with Crippen molar-refractivity contribution in [3.8, 4) is 11.5 Å². The van der Waals surface area contributed by atoms with E-state index in [-0.39, 0.29) is 11.9 Å². The molecule has 30 heavy (non-hydrogen) atoms. The molecule has 6 heteroatoms. The third kappa shape index (κ3) is 3.95. The summed E-state index contributed by atoms with van der Waals surface area (Å²) < 4.78 is 21.6. The Morgan fingerprint density at radius 3 is 2.63 bits per heavy atom. The molecule has 1 aliphatic carbocycles. The van der Waals surface area contributed by atoms with Gasteiger partial charge in [-0.25, -0.2) is 4.39 Å². The van der Waals surface area contributed by atoms with Gasteiger partial charge in [0.25, 0.3) is 0 Å². The standard InChI is InChI=1S/C24H26FN3O2/c1-15-8-11-20-23(28(15)16(2)29)22(25)12-21(17(13-26)14-27-18-9-10-18)24(20)30-19-6-4-3-5-7-19/h3-7,12-15,18H,8-11,26H2,1-2H3. The summed E-state index contributed by atoms with van der Waals surface area (Å²) in [7, 11) is 0. The highest BCUT2D eigenvalue weighted by Crippen LogP contribution is 2.44. The van der Waals surface area contributed by atoms with E-state index in [0.717, 1.165) is 19.3 Å². The summed E-state index contributed by atoms with van der Waals surface area (Å²) >= 11 is 0. The maximum Gasteiger partial charge on any atom is 0.224 e. The summed E-state index contributed by atoms with van der Waals surface area (Å²) in [4.78, 5) is 18.4. The number of anilines is 1. The van der Waals surface area contributed by atoms with Crippen LogP contribution in [0.25, 0.3) is 5.57 Å². The Kier molecular flexibility index (Phi) is 5.57. The van der Waals surface area contributed by atoms with Crippen LogP contribution in [0, 0.1) is 5.82 Å². The van der Waals surface area contributed by atoms with Crippen molar-refractivity contribution in [3.05, 3.63) is 59.5 Å². The van der Waals surface area contributed by atoms with Gasteiger partial charge in [0.2, 0.25) is 5.91 Å². The van der Waals surface area contributed by atoms with Gasteiger partial charge in [-0.2, -0.15) is 0 Å². The van der Waals surface area contributed by atoms with Crippen LogP contribution >= 0.6 is 0 Å². The number of benzene rings is 2. The van der Waals surface area contributed by atoms with Crippen molar-refractivity contribution < 1.29 is 13.9 Å². The molecule has 1 unspecified atom stereocenters. The molecule has 0 saturated heterocycles. The van der Waals surface area contributed by atoms with Crippen LogP contribution in [0.5, 0.6) is 11.5 Å². The van der Waals surface area contributed by atoms with Gasteiger partial charge in [0, 0.05) is 42.1 Å². The van der Waals surface area contributed by atoms with Crippen molar-refractivity contribution in [3.63, 3.8) is 0 Å². The molecule has 2 aliphatic rings. The number of fused-ring (bicyclic) bond motifs is 1. The van der Waals surface area contributed by atoms with Crippen LogP contribution in [-0.4, -0.2) is 24.2 Å². The van der Waals surface area contributed by atoms with Gasteiger partial charge >= 0.3 is 0 Å². The summed E-state index contributed by atoms with van der Waals surface area (Å²) in [6.45, 7) is 3.40. The molecule has 0 spiro atoms. The van der Waals surface area contributed by atoms with Crippen LogP contribution in [0.3, 0.4) is 0 Å². The minimum atomic E-state index is -0.457. The first-order chi connectivity index (χ1) is 14.5. The molecule has 1 saturated carbocycles. The first-order valence-corrected chi connectivity index (χ1v) is 10.3. The SMILES string of the molecule is CC(=O)N1c2c(F)cc(C(C=NC3CC3)=CN)c(Oc3ccccc3)c2CCC1C. The zero-order chi connectivity index (χ0) is 21.3. The molecule has 156 valence electrons. The average molecular weight is 407 g/mol. The number of rotatable bonds is 5. The molecule has 4 rings (SSSR count). The number of carbonyl (C=O) groups excluding carboxylic acids is 1. The van der Waals surface area contributed by atoms with Gasteiger partial charge < -0.3 is 15.4 Å². The predicted molar refractivity (Wildman–Crippen MR) is 118 cm³/mol. The number of hydrogen-bond donors (Lipinski definition) is 1. The van der Waals surface area contributed by atoms with Crippen molar-refractivity contribution in [1.82, 2.24) is 0 Å². The fourth-order valence-corrected chi connectivity index (χ4v) is 3.89. The predicted octanol–water partition coefficient (Wildman–Crippen LogP) is 4.84. The highest BCUT2D eigenvalue weighted by atomic mass is 19.1. The smallest absolute Gasteiger partial charge is 0.224 e. The Hall–Kier alpha value is -3.15. The normalized spacial score (nSPS) is 19.1. The lowest BCUT2D eigenvalue weighted by molar-refractivity contribution is -0.117. The molecule has 1 aliphatic heterocycles. The summed E-state index contributed by atoms with van der Waals surface area (Å²) in [6.07, 6.45) is 6.57. The van der Waals surface area contributed by atoms with Crippen molar-refractivity contribution in [2.75, 3.05) is 4.90 Å². The molecule has 2 N–H and O–H groups in total. The number of nitrogens with two attached hydrogens (primary N) is 1. The minimum absolute atomic E-state index is 0.0825. The quantitative estimate of drug-likeness (QED) is 0.721. The first kappa shape index (κ1) is 20.1. The lowest BCUT2D eigenvalue weighted by Gasteiger charge is -2.36. The van der Waals surface area contributed by atoms with E-state index < -0.39 is 5.82 Å². The fraction of sp³-hybridized carbons (Fsp3) is 0.333. The molecule has 0 radical (unpaired) electrons. The van der Waals surface area contributed by atoms with E-state index in [1.807, 2.05) is 37.3 Å².